The lowest BCUT2D eigenvalue weighted by Crippen LogP contribution is -2.49. The molecule has 1 aromatic heterocycles. The molecule has 1 aliphatic carbocycles. The van der Waals surface area contributed by atoms with E-state index in [-0.39, 0.29) is 24.2 Å². The first-order chi connectivity index (χ1) is 14.0. The van der Waals surface area contributed by atoms with Crippen molar-refractivity contribution in [1.29, 1.82) is 0 Å². The van der Waals surface area contributed by atoms with Gasteiger partial charge in [-0.15, -0.1) is 0 Å². The van der Waals surface area contributed by atoms with E-state index in [0.717, 1.165) is 12.0 Å². The molecule has 0 spiro atoms. The lowest BCUT2D eigenvalue weighted by atomic mass is 9.94. The predicted octanol–water partition coefficient (Wildman–Crippen LogP) is 2.94. The summed E-state index contributed by atoms with van der Waals surface area (Å²) in [5.74, 6) is 0.352. The summed E-state index contributed by atoms with van der Waals surface area (Å²) in [6.07, 6.45) is 9.45. The zero-order chi connectivity index (χ0) is 21.2. The van der Waals surface area contributed by atoms with Gasteiger partial charge in [-0.1, -0.05) is 33.1 Å². The maximum Gasteiger partial charge on any atom is 0.256 e. The molecule has 3 unspecified atom stereocenters. The highest BCUT2D eigenvalue weighted by Gasteiger charge is 2.24. The van der Waals surface area contributed by atoms with Gasteiger partial charge >= 0.3 is 0 Å². The van der Waals surface area contributed by atoms with Gasteiger partial charge in [0.2, 0.25) is 0 Å². The summed E-state index contributed by atoms with van der Waals surface area (Å²) in [5.41, 5.74) is 7.33. The van der Waals surface area contributed by atoms with Crippen LogP contribution in [0.4, 0.5) is 5.82 Å². The number of nitrogens with one attached hydrogen (secondary N) is 3. The van der Waals surface area contributed by atoms with Crippen LogP contribution in [0, 0.1) is 6.92 Å². The largest absolute Gasteiger partial charge is 0.378 e. The van der Waals surface area contributed by atoms with Crippen molar-refractivity contribution >= 4 is 11.7 Å². The Morgan fingerprint density at radius 3 is 2.62 bits per heavy atom. The summed E-state index contributed by atoms with van der Waals surface area (Å²) in [6.45, 7) is 6.62. The second-order valence-corrected chi connectivity index (χ2v) is 8.07. The van der Waals surface area contributed by atoms with Crippen LogP contribution < -0.4 is 21.7 Å². The molecular formula is C22H39N5O2. The fourth-order valence-corrected chi connectivity index (χ4v) is 3.88. The SMILES string of the molecule is CCC(N)NC(=O)c1cc(C)cnc1NCC(OC)C(CC)NC1CCCCC1. The number of hydrogen-bond donors (Lipinski definition) is 4. The van der Waals surface area contributed by atoms with E-state index in [1.165, 1.54) is 32.1 Å². The summed E-state index contributed by atoms with van der Waals surface area (Å²) in [4.78, 5) is 17.1. The zero-order valence-corrected chi connectivity index (χ0v) is 18.5. The molecular weight excluding hydrogens is 366 g/mol. The molecule has 0 aromatic carbocycles. The highest BCUT2D eigenvalue weighted by Crippen LogP contribution is 2.20. The summed E-state index contributed by atoms with van der Waals surface area (Å²) in [7, 11) is 1.74. The monoisotopic (exact) mass is 405 g/mol. The molecule has 1 aromatic rings. The Balaban J connectivity index is 2.04. The van der Waals surface area contributed by atoms with Crippen molar-refractivity contribution in [1.82, 2.24) is 15.6 Å². The molecule has 29 heavy (non-hydrogen) atoms. The van der Waals surface area contributed by atoms with Crippen LogP contribution in [0.25, 0.3) is 0 Å². The van der Waals surface area contributed by atoms with Gasteiger partial charge in [-0.3, -0.25) is 4.79 Å². The van der Waals surface area contributed by atoms with Crippen molar-refractivity contribution in [3.8, 4) is 0 Å². The van der Waals surface area contributed by atoms with Crippen molar-refractivity contribution < 1.29 is 9.53 Å². The summed E-state index contributed by atoms with van der Waals surface area (Å²) < 4.78 is 5.80. The van der Waals surface area contributed by atoms with Gasteiger partial charge in [-0.2, -0.15) is 0 Å². The van der Waals surface area contributed by atoms with Crippen LogP contribution in [-0.2, 0) is 4.74 Å². The minimum atomic E-state index is -0.369. The number of carbonyl (C=O) groups is 1. The van der Waals surface area contributed by atoms with Crippen LogP contribution in [0.15, 0.2) is 12.3 Å². The first-order valence-corrected chi connectivity index (χ1v) is 11.0. The van der Waals surface area contributed by atoms with E-state index in [9.17, 15) is 4.79 Å². The van der Waals surface area contributed by atoms with Crippen LogP contribution in [0.5, 0.6) is 0 Å². The zero-order valence-electron chi connectivity index (χ0n) is 18.5. The minimum absolute atomic E-state index is 0.0150. The van der Waals surface area contributed by atoms with Crippen LogP contribution in [0.1, 0.15) is 74.7 Å². The van der Waals surface area contributed by atoms with Crippen molar-refractivity contribution in [2.24, 2.45) is 5.73 Å². The molecule has 164 valence electrons. The Labute approximate surface area is 175 Å². The quantitative estimate of drug-likeness (QED) is 0.422. The molecule has 1 aliphatic rings. The number of nitrogens with zero attached hydrogens (tertiary/aromatic N) is 1. The number of amides is 1. The van der Waals surface area contributed by atoms with Crippen molar-refractivity contribution in [3.05, 3.63) is 23.4 Å². The summed E-state index contributed by atoms with van der Waals surface area (Å²) in [5, 5.41) is 9.95. The van der Waals surface area contributed by atoms with Crippen LogP contribution in [0.3, 0.4) is 0 Å². The molecule has 0 radical (unpaired) electrons. The molecule has 2 rings (SSSR count). The Bertz CT molecular complexity index is 634. The number of aryl methyl sites for hydroxylation is 1. The van der Waals surface area contributed by atoms with Gasteiger partial charge in [-0.05, 0) is 44.2 Å². The Morgan fingerprint density at radius 1 is 1.28 bits per heavy atom. The van der Waals surface area contributed by atoms with E-state index in [1.807, 2.05) is 19.9 Å². The number of pyridine rings is 1. The summed E-state index contributed by atoms with van der Waals surface area (Å²) in [6, 6.07) is 2.67. The van der Waals surface area contributed by atoms with E-state index in [1.54, 1.807) is 13.3 Å². The first kappa shape index (κ1) is 23.6. The number of ether oxygens (including phenoxy) is 1. The maximum absolute atomic E-state index is 12.6. The molecule has 7 nitrogen and oxygen atoms in total. The molecule has 5 N–H and O–H groups in total. The third kappa shape index (κ3) is 7.24. The molecule has 0 aliphatic heterocycles. The molecule has 0 saturated heterocycles. The third-order valence-corrected chi connectivity index (χ3v) is 5.74. The number of rotatable bonds is 11. The Kier molecular flexibility index (Phi) is 9.84. The Morgan fingerprint density at radius 2 is 2.00 bits per heavy atom. The van der Waals surface area contributed by atoms with Crippen molar-refractivity contribution in [2.75, 3.05) is 19.0 Å². The van der Waals surface area contributed by atoms with Gasteiger partial charge in [0, 0.05) is 31.9 Å². The third-order valence-electron chi connectivity index (χ3n) is 5.74. The number of carbonyl (C=O) groups excluding carboxylic acids is 1. The Hall–Kier alpha value is -1.70. The average Bonchev–Trinajstić information content (AvgIpc) is 2.74. The van der Waals surface area contributed by atoms with Gasteiger partial charge in [0.25, 0.3) is 5.91 Å². The standard InChI is InChI=1S/C22H39N5O2/c1-5-18(26-16-10-8-7-9-11-16)19(29-4)14-25-21-17(12-15(3)13-24-21)22(28)27-20(23)6-2/h12-13,16,18-20,26H,5-11,14,23H2,1-4H3,(H,24,25)(H,27,28). The van der Waals surface area contributed by atoms with E-state index < -0.39 is 0 Å². The lowest BCUT2D eigenvalue weighted by molar-refractivity contribution is 0.0698. The molecule has 1 amide bonds. The second kappa shape index (κ2) is 12.1. The fraction of sp³-hybridized carbons (Fsp3) is 0.727. The molecule has 1 fully saturated rings. The highest BCUT2D eigenvalue weighted by molar-refractivity contribution is 5.99. The van der Waals surface area contributed by atoms with Crippen molar-refractivity contribution in [2.45, 2.75) is 90.1 Å². The number of anilines is 1. The van der Waals surface area contributed by atoms with E-state index in [4.69, 9.17) is 10.5 Å². The molecule has 1 saturated carbocycles. The number of aromatic nitrogens is 1. The van der Waals surface area contributed by atoms with E-state index in [0.29, 0.717) is 30.4 Å². The number of methoxy groups -OCH3 is 1. The van der Waals surface area contributed by atoms with Gasteiger partial charge in [-0.25, -0.2) is 4.98 Å². The molecule has 7 heteroatoms. The van der Waals surface area contributed by atoms with Crippen molar-refractivity contribution in [3.63, 3.8) is 0 Å². The topological polar surface area (TPSA) is 101 Å². The minimum Gasteiger partial charge on any atom is -0.378 e. The molecule has 3 atom stereocenters. The first-order valence-electron chi connectivity index (χ1n) is 11.0. The molecule has 1 heterocycles. The second-order valence-electron chi connectivity index (χ2n) is 8.07. The summed E-state index contributed by atoms with van der Waals surface area (Å²) >= 11 is 0. The number of nitrogens with two attached hydrogens (primary N) is 1. The van der Waals surface area contributed by atoms with Crippen LogP contribution in [0.2, 0.25) is 0 Å². The lowest BCUT2D eigenvalue weighted by Gasteiger charge is -2.32. The van der Waals surface area contributed by atoms with Gasteiger partial charge in [0.15, 0.2) is 0 Å². The smallest absolute Gasteiger partial charge is 0.256 e. The molecule has 0 bridgehead atoms. The van der Waals surface area contributed by atoms with Gasteiger partial charge < -0.3 is 26.4 Å². The fourth-order valence-electron chi connectivity index (χ4n) is 3.88. The number of hydrogen-bond acceptors (Lipinski definition) is 6. The van der Waals surface area contributed by atoms with Crippen LogP contribution >= 0.6 is 0 Å². The van der Waals surface area contributed by atoms with E-state index >= 15 is 0 Å². The predicted molar refractivity (Wildman–Crippen MR) is 118 cm³/mol. The average molecular weight is 406 g/mol. The van der Waals surface area contributed by atoms with Gasteiger partial charge in [0.05, 0.1) is 17.8 Å². The maximum atomic E-state index is 12.6. The van der Waals surface area contributed by atoms with E-state index in [2.05, 4.69) is 27.9 Å². The normalized spacial score (nSPS) is 18.1. The van der Waals surface area contributed by atoms with Crippen LogP contribution in [-0.4, -0.2) is 48.9 Å². The highest BCUT2D eigenvalue weighted by atomic mass is 16.5. The van der Waals surface area contributed by atoms with Gasteiger partial charge in [0.1, 0.15) is 5.82 Å².